The molecule has 0 saturated carbocycles. The highest BCUT2D eigenvalue weighted by Crippen LogP contribution is 2.30. The van der Waals surface area contributed by atoms with Crippen LogP contribution in [-0.2, 0) is 14.3 Å². The Bertz CT molecular complexity index is 1180. The summed E-state index contributed by atoms with van der Waals surface area (Å²) >= 11 is 6.04. The Kier molecular flexibility index (Phi) is 6.39. The van der Waals surface area contributed by atoms with Gasteiger partial charge in [-0.3, -0.25) is 14.5 Å². The number of hydrogen-bond acceptors (Lipinski definition) is 7. The van der Waals surface area contributed by atoms with E-state index >= 15 is 0 Å². The summed E-state index contributed by atoms with van der Waals surface area (Å²) in [5.74, 6) is -1.27. The molecule has 0 unspecified atom stereocenters. The Hall–Kier alpha value is -3.67. The van der Waals surface area contributed by atoms with Gasteiger partial charge in [-0.05, 0) is 48.9 Å². The Balaban J connectivity index is 2.02. The van der Waals surface area contributed by atoms with E-state index < -0.39 is 24.4 Å². The van der Waals surface area contributed by atoms with E-state index in [1.165, 1.54) is 26.2 Å². The highest BCUT2D eigenvalue weighted by molar-refractivity contribution is 6.33. The van der Waals surface area contributed by atoms with Crippen molar-refractivity contribution in [3.8, 4) is 17.4 Å². The number of nitriles is 1. The first-order valence-corrected chi connectivity index (χ1v) is 9.48. The molecule has 1 aliphatic heterocycles. The van der Waals surface area contributed by atoms with Crippen LogP contribution in [0.3, 0.4) is 0 Å². The zero-order valence-electron chi connectivity index (χ0n) is 16.6. The number of esters is 1. The first-order chi connectivity index (χ1) is 14.8. The Morgan fingerprint density at radius 2 is 2.03 bits per heavy atom. The molecule has 0 saturated heterocycles. The number of benzene rings is 1. The van der Waals surface area contributed by atoms with Gasteiger partial charge in [0.25, 0.3) is 11.8 Å². The minimum absolute atomic E-state index is 0.108. The van der Waals surface area contributed by atoms with Crippen molar-refractivity contribution in [2.45, 2.75) is 6.92 Å². The average molecular weight is 441 g/mol. The molecule has 2 amide bonds. The molecular weight excluding hydrogens is 424 g/mol. The van der Waals surface area contributed by atoms with Gasteiger partial charge in [0.15, 0.2) is 0 Å². The molecular formula is C22H17ClN2O6. The van der Waals surface area contributed by atoms with E-state index in [-0.39, 0.29) is 33.9 Å². The molecule has 1 aliphatic rings. The number of β-amino-alcohol motifs (C(OH)–C–C–N with tert-alkyl or cyclic N) is 1. The molecule has 0 fully saturated rings. The number of nitrogens with zero attached hydrogens (tertiary/aromatic N) is 2. The highest BCUT2D eigenvalue weighted by Gasteiger charge is 2.35. The third-order valence-corrected chi connectivity index (χ3v) is 5.05. The van der Waals surface area contributed by atoms with Crippen LogP contribution in [0, 0.1) is 11.3 Å². The molecule has 158 valence electrons. The first-order valence-electron chi connectivity index (χ1n) is 9.10. The van der Waals surface area contributed by atoms with Crippen molar-refractivity contribution in [1.29, 1.82) is 5.26 Å². The summed E-state index contributed by atoms with van der Waals surface area (Å²) in [6.45, 7) is 0.854. The van der Waals surface area contributed by atoms with Gasteiger partial charge in [-0.2, -0.15) is 5.26 Å². The summed E-state index contributed by atoms with van der Waals surface area (Å²) < 4.78 is 10.5. The van der Waals surface area contributed by atoms with E-state index in [4.69, 9.17) is 25.9 Å². The summed E-state index contributed by atoms with van der Waals surface area (Å²) in [7, 11) is 1.25. The van der Waals surface area contributed by atoms with Crippen molar-refractivity contribution in [3.05, 3.63) is 63.4 Å². The lowest BCUT2D eigenvalue weighted by molar-refractivity contribution is -0.141. The maximum atomic E-state index is 12.7. The number of carbonyl (C=O) groups excluding carboxylic acids is 3. The van der Waals surface area contributed by atoms with Crippen LogP contribution >= 0.6 is 11.6 Å². The minimum Gasteiger partial charge on any atom is -0.465 e. The fourth-order valence-corrected chi connectivity index (χ4v) is 3.30. The van der Waals surface area contributed by atoms with Gasteiger partial charge in [-0.1, -0.05) is 11.6 Å². The average Bonchev–Trinajstić information content (AvgIpc) is 3.23. The molecule has 2 aromatic rings. The van der Waals surface area contributed by atoms with Gasteiger partial charge >= 0.3 is 5.97 Å². The van der Waals surface area contributed by atoms with Gasteiger partial charge in [0.1, 0.15) is 23.2 Å². The Labute approximate surface area is 182 Å². The molecule has 9 heteroatoms. The van der Waals surface area contributed by atoms with Gasteiger partial charge in [-0.15, -0.1) is 0 Å². The maximum Gasteiger partial charge on any atom is 0.339 e. The molecule has 1 aromatic carbocycles. The topological polar surface area (TPSA) is 121 Å². The zero-order chi connectivity index (χ0) is 22.7. The van der Waals surface area contributed by atoms with Gasteiger partial charge in [-0.25, -0.2) is 4.79 Å². The van der Waals surface area contributed by atoms with Gasteiger partial charge < -0.3 is 14.3 Å². The van der Waals surface area contributed by atoms with Crippen LogP contribution in [0.4, 0.5) is 0 Å². The molecule has 8 nitrogen and oxygen atoms in total. The van der Waals surface area contributed by atoms with Crippen LogP contribution in [0.1, 0.15) is 23.0 Å². The lowest BCUT2D eigenvalue weighted by atomic mass is 9.95. The fourth-order valence-electron chi connectivity index (χ4n) is 3.11. The van der Waals surface area contributed by atoms with Crippen LogP contribution < -0.4 is 0 Å². The summed E-state index contributed by atoms with van der Waals surface area (Å²) in [4.78, 5) is 37.7. The van der Waals surface area contributed by atoms with Crippen molar-refractivity contribution in [3.63, 3.8) is 0 Å². The van der Waals surface area contributed by atoms with E-state index in [2.05, 4.69) is 0 Å². The normalized spacial score (nSPS) is 15.5. The number of halogens is 1. The number of hydrogen-bond donors (Lipinski definition) is 1. The number of furan rings is 1. The number of ether oxygens (including phenoxy) is 1. The van der Waals surface area contributed by atoms with E-state index in [0.717, 1.165) is 4.90 Å². The molecule has 3 rings (SSSR count). The van der Waals surface area contributed by atoms with E-state index in [9.17, 15) is 19.6 Å². The Morgan fingerprint density at radius 3 is 2.68 bits per heavy atom. The Morgan fingerprint density at radius 1 is 1.29 bits per heavy atom. The number of methoxy groups -OCH3 is 1. The molecule has 0 aliphatic carbocycles. The molecule has 31 heavy (non-hydrogen) atoms. The molecule has 0 radical (unpaired) electrons. The van der Waals surface area contributed by atoms with E-state index in [1.54, 1.807) is 24.3 Å². The third kappa shape index (κ3) is 4.14. The van der Waals surface area contributed by atoms with Gasteiger partial charge in [0, 0.05) is 11.1 Å². The van der Waals surface area contributed by atoms with Gasteiger partial charge in [0.2, 0.25) is 0 Å². The third-order valence-electron chi connectivity index (χ3n) is 4.72. The van der Waals surface area contributed by atoms with Crippen LogP contribution in [0.25, 0.3) is 17.4 Å². The molecule has 0 bridgehead atoms. The standard InChI is InChI=1S/C22H17ClN2O6/c1-12-15(20(27)25(7-8-26)21(28)17(12)11-24)10-14-4-6-19(31-14)13-3-5-18(23)16(9-13)22(29)30-2/h3-6,9-10,26H,7-8H2,1-2H3/b15-10+. The predicted octanol–water partition coefficient (Wildman–Crippen LogP) is 2.97. The van der Waals surface area contributed by atoms with Crippen LogP contribution in [0.5, 0.6) is 0 Å². The number of rotatable bonds is 5. The second-order valence-electron chi connectivity index (χ2n) is 6.54. The monoisotopic (exact) mass is 440 g/mol. The zero-order valence-corrected chi connectivity index (χ0v) is 17.4. The molecule has 1 aromatic heterocycles. The largest absolute Gasteiger partial charge is 0.465 e. The number of imide groups is 1. The predicted molar refractivity (Wildman–Crippen MR) is 111 cm³/mol. The van der Waals surface area contributed by atoms with Crippen molar-refractivity contribution in [1.82, 2.24) is 4.90 Å². The molecule has 1 N–H and O–H groups in total. The van der Waals surface area contributed by atoms with Crippen molar-refractivity contribution in [2.24, 2.45) is 0 Å². The van der Waals surface area contributed by atoms with E-state index in [0.29, 0.717) is 17.1 Å². The number of aliphatic hydroxyl groups is 1. The molecule has 0 spiro atoms. The SMILES string of the molecule is COC(=O)c1cc(-c2ccc(/C=C3/C(=O)N(CCO)C(=O)C(C#N)=C3C)o2)ccc1Cl. The van der Waals surface area contributed by atoms with Crippen molar-refractivity contribution < 1.29 is 28.6 Å². The lowest BCUT2D eigenvalue weighted by Gasteiger charge is -2.26. The van der Waals surface area contributed by atoms with Crippen molar-refractivity contribution >= 4 is 35.5 Å². The summed E-state index contributed by atoms with van der Waals surface area (Å²) in [5.41, 5.74) is 0.898. The fraction of sp³-hybridized carbons (Fsp3) is 0.182. The van der Waals surface area contributed by atoms with Crippen LogP contribution in [-0.4, -0.2) is 48.1 Å². The second kappa shape index (κ2) is 9.00. The number of amides is 2. The molecule has 2 heterocycles. The molecule has 0 atom stereocenters. The van der Waals surface area contributed by atoms with Gasteiger partial charge in [0.05, 0.1) is 30.8 Å². The quantitative estimate of drug-likeness (QED) is 0.431. The van der Waals surface area contributed by atoms with E-state index in [1.807, 2.05) is 6.07 Å². The van der Waals surface area contributed by atoms with Crippen molar-refractivity contribution in [2.75, 3.05) is 20.3 Å². The number of carbonyl (C=O) groups is 3. The van der Waals surface area contributed by atoms with Crippen LogP contribution in [0.15, 0.2) is 51.5 Å². The minimum atomic E-state index is -0.743. The lowest BCUT2D eigenvalue weighted by Crippen LogP contribution is -2.44. The highest BCUT2D eigenvalue weighted by atomic mass is 35.5. The smallest absolute Gasteiger partial charge is 0.339 e. The summed E-state index contributed by atoms with van der Waals surface area (Å²) in [6, 6.07) is 9.79. The summed E-state index contributed by atoms with van der Waals surface area (Å²) in [6.07, 6.45) is 1.42. The maximum absolute atomic E-state index is 12.7. The first kappa shape index (κ1) is 22.0. The summed E-state index contributed by atoms with van der Waals surface area (Å²) in [5, 5.41) is 18.7. The van der Waals surface area contributed by atoms with Crippen LogP contribution in [0.2, 0.25) is 5.02 Å². The second-order valence-corrected chi connectivity index (χ2v) is 6.95. The number of aliphatic hydroxyl groups excluding tert-OH is 1.